The molecule has 1 aliphatic rings. The maximum Gasteiger partial charge on any atom is 0.0376 e. The highest BCUT2D eigenvalue weighted by molar-refractivity contribution is 5.58. The number of hydrogen-bond donors (Lipinski definition) is 1. The van der Waals surface area contributed by atoms with Crippen LogP contribution >= 0.6 is 0 Å². The second-order valence-corrected chi connectivity index (χ2v) is 5.21. The summed E-state index contributed by atoms with van der Waals surface area (Å²) in [6, 6.07) is 6.71. The Morgan fingerprint density at radius 1 is 1.11 bits per heavy atom. The Morgan fingerprint density at radius 2 is 1.89 bits per heavy atom. The van der Waals surface area contributed by atoms with Crippen LogP contribution < -0.4 is 5.32 Å². The summed E-state index contributed by atoms with van der Waals surface area (Å²) >= 11 is 0. The SMILES string of the molecule is CCCN(CCC)CCc1cccc2c1CCN2. The Hall–Kier alpha value is -1.02. The summed E-state index contributed by atoms with van der Waals surface area (Å²) in [5.41, 5.74) is 4.48. The number of benzene rings is 1. The van der Waals surface area contributed by atoms with Crippen LogP contribution in [0.1, 0.15) is 37.8 Å². The molecule has 100 valence electrons. The molecule has 2 nitrogen and oxygen atoms in total. The van der Waals surface area contributed by atoms with Crippen molar-refractivity contribution in [1.82, 2.24) is 4.90 Å². The van der Waals surface area contributed by atoms with E-state index in [1.165, 1.54) is 51.0 Å². The number of fused-ring (bicyclic) bond motifs is 1. The summed E-state index contributed by atoms with van der Waals surface area (Å²) in [5.74, 6) is 0. The molecular weight excluding hydrogens is 220 g/mol. The van der Waals surface area contributed by atoms with Crippen molar-refractivity contribution in [2.24, 2.45) is 0 Å². The Bertz CT molecular complexity index is 367. The number of hydrogen-bond acceptors (Lipinski definition) is 2. The molecule has 2 rings (SSSR count). The van der Waals surface area contributed by atoms with Crippen molar-refractivity contribution in [1.29, 1.82) is 0 Å². The molecule has 0 spiro atoms. The number of anilines is 1. The molecule has 1 heterocycles. The highest BCUT2D eigenvalue weighted by Crippen LogP contribution is 2.25. The molecule has 0 aromatic heterocycles. The summed E-state index contributed by atoms with van der Waals surface area (Å²) in [5, 5.41) is 3.46. The Kier molecular flexibility index (Phi) is 5.06. The molecule has 0 amide bonds. The average Bonchev–Trinajstić information content (AvgIpc) is 2.85. The first-order chi connectivity index (χ1) is 8.85. The first-order valence-electron chi connectivity index (χ1n) is 7.42. The molecule has 1 aliphatic heterocycles. The maximum absolute atomic E-state index is 3.46. The lowest BCUT2D eigenvalue weighted by Gasteiger charge is -2.21. The Morgan fingerprint density at radius 3 is 2.61 bits per heavy atom. The molecule has 0 saturated carbocycles. The van der Waals surface area contributed by atoms with E-state index in [4.69, 9.17) is 0 Å². The van der Waals surface area contributed by atoms with E-state index >= 15 is 0 Å². The summed E-state index contributed by atoms with van der Waals surface area (Å²) in [6.45, 7) is 9.33. The highest BCUT2D eigenvalue weighted by Gasteiger charge is 2.14. The summed E-state index contributed by atoms with van der Waals surface area (Å²) < 4.78 is 0. The molecule has 0 saturated heterocycles. The molecule has 2 heteroatoms. The standard InChI is InChI=1S/C16H26N2/c1-3-11-18(12-4-2)13-9-14-6-5-7-16-15(14)8-10-17-16/h5-7,17H,3-4,8-13H2,1-2H3. The summed E-state index contributed by atoms with van der Waals surface area (Å²) in [6.07, 6.45) is 4.92. The van der Waals surface area contributed by atoms with E-state index in [2.05, 4.69) is 42.3 Å². The molecular formula is C16H26N2. The highest BCUT2D eigenvalue weighted by atomic mass is 15.1. The van der Waals surface area contributed by atoms with Crippen molar-refractivity contribution in [2.75, 3.05) is 31.5 Å². The van der Waals surface area contributed by atoms with Gasteiger partial charge in [-0.1, -0.05) is 26.0 Å². The molecule has 1 N–H and O–H groups in total. The first-order valence-corrected chi connectivity index (χ1v) is 7.42. The zero-order valence-electron chi connectivity index (χ0n) is 11.8. The van der Waals surface area contributed by atoms with Gasteiger partial charge in [-0.2, -0.15) is 0 Å². The number of nitrogens with zero attached hydrogens (tertiary/aromatic N) is 1. The van der Waals surface area contributed by atoms with Crippen molar-refractivity contribution in [3.8, 4) is 0 Å². The number of nitrogens with one attached hydrogen (secondary N) is 1. The molecule has 0 atom stereocenters. The van der Waals surface area contributed by atoms with Crippen LogP contribution in [0.25, 0.3) is 0 Å². The van der Waals surface area contributed by atoms with Crippen LogP contribution in [0.4, 0.5) is 5.69 Å². The van der Waals surface area contributed by atoms with E-state index in [1.54, 1.807) is 11.1 Å². The largest absolute Gasteiger partial charge is 0.384 e. The van der Waals surface area contributed by atoms with Gasteiger partial charge in [0.05, 0.1) is 0 Å². The minimum atomic E-state index is 1.11. The fraction of sp³-hybridized carbons (Fsp3) is 0.625. The van der Waals surface area contributed by atoms with Gasteiger partial charge in [0.25, 0.3) is 0 Å². The summed E-state index contributed by atoms with van der Waals surface area (Å²) in [4.78, 5) is 2.60. The van der Waals surface area contributed by atoms with Crippen molar-refractivity contribution in [2.45, 2.75) is 39.5 Å². The van der Waals surface area contributed by atoms with Gasteiger partial charge in [-0.25, -0.2) is 0 Å². The number of rotatable bonds is 7. The fourth-order valence-electron chi connectivity index (χ4n) is 2.90. The van der Waals surface area contributed by atoms with Crippen LogP contribution in [0.5, 0.6) is 0 Å². The lowest BCUT2D eigenvalue weighted by atomic mass is 10.0. The quantitative estimate of drug-likeness (QED) is 0.794. The Labute approximate surface area is 111 Å². The van der Waals surface area contributed by atoms with Gasteiger partial charge in [0.1, 0.15) is 0 Å². The molecule has 0 bridgehead atoms. The van der Waals surface area contributed by atoms with E-state index in [0.717, 1.165) is 6.54 Å². The molecule has 0 aliphatic carbocycles. The normalized spacial score (nSPS) is 13.7. The van der Waals surface area contributed by atoms with E-state index in [9.17, 15) is 0 Å². The van der Waals surface area contributed by atoms with E-state index in [0.29, 0.717) is 0 Å². The third kappa shape index (κ3) is 3.26. The van der Waals surface area contributed by atoms with Crippen LogP contribution in [-0.4, -0.2) is 31.1 Å². The minimum absolute atomic E-state index is 1.11. The van der Waals surface area contributed by atoms with Crippen molar-refractivity contribution in [3.05, 3.63) is 29.3 Å². The zero-order chi connectivity index (χ0) is 12.8. The molecule has 18 heavy (non-hydrogen) atoms. The van der Waals surface area contributed by atoms with Gasteiger partial charge in [0, 0.05) is 18.8 Å². The molecule has 1 aromatic carbocycles. The fourth-order valence-corrected chi connectivity index (χ4v) is 2.90. The van der Waals surface area contributed by atoms with Gasteiger partial charge in [-0.3, -0.25) is 0 Å². The van der Waals surface area contributed by atoms with Crippen LogP contribution in [0.3, 0.4) is 0 Å². The second kappa shape index (κ2) is 6.79. The van der Waals surface area contributed by atoms with E-state index in [-0.39, 0.29) is 0 Å². The van der Waals surface area contributed by atoms with Crippen molar-refractivity contribution in [3.63, 3.8) is 0 Å². The summed E-state index contributed by atoms with van der Waals surface area (Å²) in [7, 11) is 0. The van der Waals surface area contributed by atoms with Crippen LogP contribution in [0.15, 0.2) is 18.2 Å². The van der Waals surface area contributed by atoms with Gasteiger partial charge in [-0.05, 0) is 56.0 Å². The van der Waals surface area contributed by atoms with Gasteiger partial charge in [-0.15, -0.1) is 0 Å². The van der Waals surface area contributed by atoms with E-state index in [1.807, 2.05) is 0 Å². The van der Waals surface area contributed by atoms with Crippen LogP contribution in [-0.2, 0) is 12.8 Å². The van der Waals surface area contributed by atoms with Gasteiger partial charge >= 0.3 is 0 Å². The smallest absolute Gasteiger partial charge is 0.0376 e. The van der Waals surface area contributed by atoms with E-state index < -0.39 is 0 Å². The lowest BCUT2D eigenvalue weighted by molar-refractivity contribution is 0.278. The molecule has 0 fully saturated rings. The second-order valence-electron chi connectivity index (χ2n) is 5.21. The topological polar surface area (TPSA) is 15.3 Å². The third-order valence-corrected chi connectivity index (χ3v) is 3.74. The lowest BCUT2D eigenvalue weighted by Crippen LogP contribution is -2.28. The van der Waals surface area contributed by atoms with Crippen molar-refractivity contribution < 1.29 is 0 Å². The minimum Gasteiger partial charge on any atom is -0.384 e. The Balaban J connectivity index is 1.95. The van der Waals surface area contributed by atoms with Crippen molar-refractivity contribution >= 4 is 5.69 Å². The maximum atomic E-state index is 3.46. The van der Waals surface area contributed by atoms with Gasteiger partial charge in [0.15, 0.2) is 0 Å². The van der Waals surface area contributed by atoms with Crippen LogP contribution in [0.2, 0.25) is 0 Å². The first kappa shape index (κ1) is 13.4. The monoisotopic (exact) mass is 246 g/mol. The predicted molar refractivity (Wildman–Crippen MR) is 79.4 cm³/mol. The molecule has 0 unspecified atom stereocenters. The van der Waals surface area contributed by atoms with Gasteiger partial charge < -0.3 is 10.2 Å². The predicted octanol–water partition coefficient (Wildman–Crippen LogP) is 3.32. The molecule has 1 aromatic rings. The third-order valence-electron chi connectivity index (χ3n) is 3.74. The molecule has 0 radical (unpaired) electrons. The van der Waals surface area contributed by atoms with Gasteiger partial charge in [0.2, 0.25) is 0 Å². The average molecular weight is 246 g/mol. The van der Waals surface area contributed by atoms with Crippen LogP contribution in [0, 0.1) is 0 Å². The zero-order valence-corrected chi connectivity index (χ0v) is 11.8.